The maximum atomic E-state index is 12.0. The molecule has 2 aromatic carbocycles. The summed E-state index contributed by atoms with van der Waals surface area (Å²) in [5, 5.41) is 4.51. The Hall–Kier alpha value is -1.66. The van der Waals surface area contributed by atoms with Crippen molar-refractivity contribution in [1.29, 1.82) is 0 Å². The first kappa shape index (κ1) is 23.0. The highest BCUT2D eigenvalue weighted by Gasteiger charge is 2.22. The molecule has 3 rings (SSSR count). The standard InChI is InChI=1S/C22H25Cl3N2O3/c23-17-2-4-18(5-3-17)29-11-1-9-27-10-8-16(14-27)13-26-22(28)15-30-19-6-7-20(24)21(25)12-19/h2-7,12,16H,1,8-11,13-15H2,(H,26,28). The zero-order chi connectivity index (χ0) is 21.3. The summed E-state index contributed by atoms with van der Waals surface area (Å²) in [6.45, 7) is 4.29. The number of benzene rings is 2. The van der Waals surface area contributed by atoms with Crippen molar-refractivity contribution in [1.82, 2.24) is 10.2 Å². The number of likely N-dealkylation sites (tertiary alicyclic amines) is 1. The summed E-state index contributed by atoms with van der Waals surface area (Å²) in [6, 6.07) is 12.3. The Kier molecular flexibility index (Phi) is 8.94. The molecular weight excluding hydrogens is 447 g/mol. The van der Waals surface area contributed by atoms with Crippen LogP contribution in [0.4, 0.5) is 0 Å². The molecule has 0 saturated carbocycles. The number of carbonyl (C=O) groups excluding carboxylic acids is 1. The highest BCUT2D eigenvalue weighted by atomic mass is 35.5. The molecule has 0 aromatic heterocycles. The van der Waals surface area contributed by atoms with Crippen molar-refractivity contribution in [2.45, 2.75) is 12.8 Å². The smallest absolute Gasteiger partial charge is 0.257 e. The maximum Gasteiger partial charge on any atom is 0.257 e. The number of halogens is 3. The van der Waals surface area contributed by atoms with Gasteiger partial charge in [-0.1, -0.05) is 34.8 Å². The van der Waals surface area contributed by atoms with Gasteiger partial charge in [0, 0.05) is 30.7 Å². The topological polar surface area (TPSA) is 50.8 Å². The fourth-order valence-electron chi connectivity index (χ4n) is 3.32. The van der Waals surface area contributed by atoms with Crippen LogP contribution in [0.2, 0.25) is 15.1 Å². The average Bonchev–Trinajstić information content (AvgIpc) is 3.19. The van der Waals surface area contributed by atoms with E-state index in [1.165, 1.54) is 0 Å². The molecule has 2 aromatic rings. The van der Waals surface area contributed by atoms with E-state index in [-0.39, 0.29) is 12.5 Å². The lowest BCUT2D eigenvalue weighted by Crippen LogP contribution is -2.34. The first-order valence-corrected chi connectivity index (χ1v) is 11.1. The molecule has 5 nitrogen and oxygen atoms in total. The third-order valence-corrected chi connectivity index (χ3v) is 5.91. The third kappa shape index (κ3) is 7.55. The Morgan fingerprint density at radius 2 is 1.80 bits per heavy atom. The summed E-state index contributed by atoms with van der Waals surface area (Å²) in [5.41, 5.74) is 0. The van der Waals surface area contributed by atoms with E-state index in [1.54, 1.807) is 18.2 Å². The summed E-state index contributed by atoms with van der Waals surface area (Å²) in [6.07, 6.45) is 2.03. The maximum absolute atomic E-state index is 12.0. The summed E-state index contributed by atoms with van der Waals surface area (Å²) in [4.78, 5) is 14.5. The zero-order valence-corrected chi connectivity index (χ0v) is 18.8. The molecule has 1 amide bonds. The minimum atomic E-state index is -0.143. The van der Waals surface area contributed by atoms with Gasteiger partial charge in [0.25, 0.3) is 5.91 Å². The van der Waals surface area contributed by atoms with E-state index >= 15 is 0 Å². The van der Waals surface area contributed by atoms with Gasteiger partial charge >= 0.3 is 0 Å². The minimum absolute atomic E-state index is 0.0452. The van der Waals surface area contributed by atoms with Crippen molar-refractivity contribution in [3.05, 3.63) is 57.5 Å². The van der Waals surface area contributed by atoms with Crippen LogP contribution in [0.25, 0.3) is 0 Å². The first-order chi connectivity index (χ1) is 14.5. The molecule has 1 aliphatic rings. The second-order valence-corrected chi connectivity index (χ2v) is 8.53. The number of hydrogen-bond acceptors (Lipinski definition) is 4. The van der Waals surface area contributed by atoms with Crippen molar-refractivity contribution in [3.63, 3.8) is 0 Å². The van der Waals surface area contributed by atoms with Crippen molar-refractivity contribution in [3.8, 4) is 11.5 Å². The highest BCUT2D eigenvalue weighted by Crippen LogP contribution is 2.26. The largest absolute Gasteiger partial charge is 0.494 e. The third-order valence-electron chi connectivity index (χ3n) is 4.92. The molecule has 1 heterocycles. The van der Waals surface area contributed by atoms with Gasteiger partial charge in [-0.25, -0.2) is 0 Å². The molecule has 162 valence electrons. The van der Waals surface area contributed by atoms with Crippen LogP contribution < -0.4 is 14.8 Å². The normalized spacial score (nSPS) is 16.4. The van der Waals surface area contributed by atoms with Crippen LogP contribution >= 0.6 is 34.8 Å². The Morgan fingerprint density at radius 3 is 2.57 bits per heavy atom. The minimum Gasteiger partial charge on any atom is -0.494 e. The van der Waals surface area contributed by atoms with Crippen molar-refractivity contribution in [2.24, 2.45) is 5.92 Å². The molecule has 8 heteroatoms. The van der Waals surface area contributed by atoms with Gasteiger partial charge in [0.2, 0.25) is 0 Å². The van der Waals surface area contributed by atoms with Crippen LogP contribution in [-0.2, 0) is 4.79 Å². The number of nitrogens with one attached hydrogen (secondary N) is 1. The van der Waals surface area contributed by atoms with E-state index in [2.05, 4.69) is 10.2 Å². The van der Waals surface area contributed by atoms with Gasteiger partial charge in [0.05, 0.1) is 16.7 Å². The van der Waals surface area contributed by atoms with E-state index in [4.69, 9.17) is 44.3 Å². The van der Waals surface area contributed by atoms with Gasteiger partial charge in [-0.3, -0.25) is 4.79 Å². The van der Waals surface area contributed by atoms with E-state index in [0.29, 0.717) is 39.9 Å². The number of amides is 1. The summed E-state index contributed by atoms with van der Waals surface area (Å²) in [7, 11) is 0. The fraction of sp³-hybridized carbons (Fsp3) is 0.409. The second-order valence-electron chi connectivity index (χ2n) is 7.28. The Morgan fingerprint density at radius 1 is 1.03 bits per heavy atom. The number of hydrogen-bond donors (Lipinski definition) is 1. The number of nitrogens with zero attached hydrogens (tertiary/aromatic N) is 1. The Labute approximate surface area is 192 Å². The Bertz CT molecular complexity index is 833. The lowest BCUT2D eigenvalue weighted by atomic mass is 10.1. The molecule has 1 saturated heterocycles. The molecule has 1 atom stereocenters. The van der Waals surface area contributed by atoms with Gasteiger partial charge in [0.1, 0.15) is 11.5 Å². The molecular formula is C22H25Cl3N2O3. The molecule has 0 radical (unpaired) electrons. The van der Waals surface area contributed by atoms with Gasteiger partial charge in [-0.05, 0) is 61.7 Å². The lowest BCUT2D eigenvalue weighted by molar-refractivity contribution is -0.123. The van der Waals surface area contributed by atoms with Gasteiger partial charge < -0.3 is 19.7 Å². The summed E-state index contributed by atoms with van der Waals surface area (Å²) < 4.78 is 11.2. The van der Waals surface area contributed by atoms with Crippen LogP contribution in [0.1, 0.15) is 12.8 Å². The second kappa shape index (κ2) is 11.7. The molecule has 0 aliphatic carbocycles. The molecule has 0 spiro atoms. The average molecular weight is 472 g/mol. The van der Waals surface area contributed by atoms with Crippen molar-refractivity contribution < 1.29 is 14.3 Å². The van der Waals surface area contributed by atoms with Crippen LogP contribution in [0.15, 0.2) is 42.5 Å². The molecule has 1 unspecified atom stereocenters. The van der Waals surface area contributed by atoms with E-state index in [9.17, 15) is 4.79 Å². The van der Waals surface area contributed by atoms with Crippen LogP contribution in [0, 0.1) is 5.92 Å². The SMILES string of the molecule is O=C(COc1ccc(Cl)c(Cl)c1)NCC1CCN(CCCOc2ccc(Cl)cc2)C1. The van der Waals surface area contributed by atoms with E-state index in [1.807, 2.05) is 24.3 Å². The van der Waals surface area contributed by atoms with Gasteiger partial charge in [-0.2, -0.15) is 0 Å². The molecule has 0 bridgehead atoms. The molecule has 1 N–H and O–H groups in total. The number of carbonyl (C=O) groups is 1. The van der Waals surface area contributed by atoms with Crippen molar-refractivity contribution in [2.75, 3.05) is 39.4 Å². The molecule has 1 aliphatic heterocycles. The number of ether oxygens (including phenoxy) is 2. The number of rotatable bonds is 10. The van der Waals surface area contributed by atoms with Crippen LogP contribution in [-0.4, -0.2) is 50.2 Å². The quantitative estimate of drug-likeness (QED) is 0.499. The summed E-state index contributed by atoms with van der Waals surface area (Å²) >= 11 is 17.7. The van der Waals surface area contributed by atoms with Gasteiger partial charge in [0.15, 0.2) is 6.61 Å². The Balaban J connectivity index is 1.26. The predicted octanol–water partition coefficient (Wildman–Crippen LogP) is 4.93. The van der Waals surface area contributed by atoms with E-state index < -0.39 is 0 Å². The molecule has 1 fully saturated rings. The van der Waals surface area contributed by atoms with Crippen LogP contribution in [0.5, 0.6) is 11.5 Å². The van der Waals surface area contributed by atoms with E-state index in [0.717, 1.165) is 38.2 Å². The monoisotopic (exact) mass is 470 g/mol. The van der Waals surface area contributed by atoms with Crippen molar-refractivity contribution >= 4 is 40.7 Å². The summed E-state index contributed by atoms with van der Waals surface area (Å²) in [5.74, 6) is 1.67. The fourth-order valence-corrected chi connectivity index (χ4v) is 3.73. The lowest BCUT2D eigenvalue weighted by Gasteiger charge is -2.16. The predicted molar refractivity (Wildman–Crippen MR) is 121 cm³/mol. The molecule has 30 heavy (non-hydrogen) atoms. The van der Waals surface area contributed by atoms with Crippen LogP contribution in [0.3, 0.4) is 0 Å². The first-order valence-electron chi connectivity index (χ1n) is 9.95. The highest BCUT2D eigenvalue weighted by molar-refractivity contribution is 6.42. The van der Waals surface area contributed by atoms with Gasteiger partial charge in [-0.15, -0.1) is 0 Å². The zero-order valence-electron chi connectivity index (χ0n) is 16.6.